The maximum atomic E-state index is 12.9. The van der Waals surface area contributed by atoms with Crippen molar-refractivity contribution in [3.63, 3.8) is 0 Å². The number of hydrogen-bond acceptors (Lipinski definition) is 5. The number of likely N-dealkylation sites (tertiary alicyclic amines) is 1. The molecule has 4 heterocycles. The van der Waals surface area contributed by atoms with Crippen LogP contribution in [0.3, 0.4) is 0 Å². The van der Waals surface area contributed by atoms with Crippen LogP contribution in [0.15, 0.2) is 30.7 Å². The van der Waals surface area contributed by atoms with Crippen molar-refractivity contribution in [2.75, 3.05) is 39.4 Å². The molecule has 0 radical (unpaired) electrons. The molecule has 2 fully saturated rings. The lowest BCUT2D eigenvalue weighted by atomic mass is 9.90. The number of aromatic nitrogens is 3. The lowest BCUT2D eigenvalue weighted by Crippen LogP contribution is -2.50. The smallest absolute Gasteiger partial charge is 0.320 e. The normalized spacial score (nSPS) is 20.6. The van der Waals surface area contributed by atoms with E-state index in [0.717, 1.165) is 42.0 Å². The Morgan fingerprint density at radius 3 is 2.70 bits per heavy atom. The number of carbonyl (C=O) groups is 1. The third kappa shape index (κ3) is 3.93. The van der Waals surface area contributed by atoms with Gasteiger partial charge in [0.25, 0.3) is 0 Å². The highest BCUT2D eigenvalue weighted by Crippen LogP contribution is 2.33. The van der Waals surface area contributed by atoms with Gasteiger partial charge in [-0.1, -0.05) is 0 Å². The summed E-state index contributed by atoms with van der Waals surface area (Å²) in [5.74, 6) is 0.980. The number of urea groups is 1. The van der Waals surface area contributed by atoms with E-state index < -0.39 is 0 Å². The van der Waals surface area contributed by atoms with Crippen LogP contribution in [0.2, 0.25) is 0 Å². The number of nitrogens with zero attached hydrogens (tertiary/aromatic N) is 5. The minimum Gasteiger partial charge on any atom is -0.378 e. The Kier molecular flexibility index (Phi) is 5.29. The average Bonchev–Trinajstić information content (AvgIpc) is 2.74. The van der Waals surface area contributed by atoms with Crippen LogP contribution < -0.4 is 0 Å². The van der Waals surface area contributed by atoms with Crippen molar-refractivity contribution in [2.24, 2.45) is 0 Å². The molecule has 1 unspecified atom stereocenters. The molecule has 4 rings (SSSR count). The van der Waals surface area contributed by atoms with Crippen LogP contribution in [0, 0.1) is 6.92 Å². The van der Waals surface area contributed by atoms with Gasteiger partial charge in [0.05, 0.1) is 18.9 Å². The zero-order chi connectivity index (χ0) is 18.6. The highest BCUT2D eigenvalue weighted by Gasteiger charge is 2.30. The highest BCUT2D eigenvalue weighted by molar-refractivity contribution is 5.75. The summed E-state index contributed by atoms with van der Waals surface area (Å²) >= 11 is 0. The molecule has 2 saturated heterocycles. The summed E-state index contributed by atoms with van der Waals surface area (Å²) in [7, 11) is 0. The Labute approximate surface area is 159 Å². The average molecular weight is 367 g/mol. The van der Waals surface area contributed by atoms with Gasteiger partial charge in [-0.2, -0.15) is 0 Å². The molecule has 2 aliphatic rings. The molecule has 1 atom stereocenters. The first-order chi connectivity index (χ1) is 13.2. The minimum absolute atomic E-state index is 0.124. The largest absolute Gasteiger partial charge is 0.378 e. The van der Waals surface area contributed by atoms with Crippen molar-refractivity contribution in [1.82, 2.24) is 24.8 Å². The predicted molar refractivity (Wildman–Crippen MR) is 101 cm³/mol. The molecule has 0 aliphatic carbocycles. The van der Waals surface area contributed by atoms with E-state index in [9.17, 15) is 4.79 Å². The van der Waals surface area contributed by atoms with Crippen LogP contribution >= 0.6 is 0 Å². The van der Waals surface area contributed by atoms with Crippen LogP contribution in [0.25, 0.3) is 11.1 Å². The maximum Gasteiger partial charge on any atom is 0.320 e. The number of pyridine rings is 1. The number of ether oxygens (including phenoxy) is 1. The second kappa shape index (κ2) is 8.00. The Bertz CT molecular complexity index is 792. The number of morpholine rings is 1. The van der Waals surface area contributed by atoms with E-state index in [1.165, 1.54) is 0 Å². The number of rotatable bonds is 2. The van der Waals surface area contributed by atoms with Crippen LogP contribution in [-0.4, -0.2) is 70.2 Å². The molecule has 2 aromatic rings. The minimum atomic E-state index is 0.124. The van der Waals surface area contributed by atoms with E-state index >= 15 is 0 Å². The van der Waals surface area contributed by atoms with Gasteiger partial charge in [-0.15, -0.1) is 0 Å². The molecule has 7 heteroatoms. The van der Waals surface area contributed by atoms with Gasteiger partial charge in [0.1, 0.15) is 5.82 Å². The fourth-order valence-electron chi connectivity index (χ4n) is 3.88. The summed E-state index contributed by atoms with van der Waals surface area (Å²) in [5, 5.41) is 0. The van der Waals surface area contributed by atoms with Crippen molar-refractivity contribution in [3.05, 3.63) is 42.2 Å². The molecule has 27 heavy (non-hydrogen) atoms. The molecule has 7 nitrogen and oxygen atoms in total. The molecule has 0 bridgehead atoms. The second-order valence-electron chi connectivity index (χ2n) is 7.12. The highest BCUT2D eigenvalue weighted by atomic mass is 16.5. The first-order valence-electron chi connectivity index (χ1n) is 9.58. The third-order valence-electron chi connectivity index (χ3n) is 5.29. The topological polar surface area (TPSA) is 71.5 Å². The standard InChI is InChI=1S/C20H25N5O2/c1-15-22-13-18(16-4-6-21-7-5-16)19(23-15)17-3-2-8-25(14-17)20(26)24-9-11-27-12-10-24/h4-7,13,17H,2-3,8-12,14H2,1H3. The van der Waals surface area contributed by atoms with Crippen LogP contribution in [-0.2, 0) is 4.74 Å². The first-order valence-corrected chi connectivity index (χ1v) is 9.58. The maximum absolute atomic E-state index is 12.9. The van der Waals surface area contributed by atoms with Crippen molar-refractivity contribution in [3.8, 4) is 11.1 Å². The van der Waals surface area contributed by atoms with E-state index in [1.54, 1.807) is 12.4 Å². The zero-order valence-corrected chi connectivity index (χ0v) is 15.7. The summed E-state index contributed by atoms with van der Waals surface area (Å²) in [4.78, 5) is 30.1. The van der Waals surface area contributed by atoms with E-state index in [1.807, 2.05) is 35.1 Å². The molecule has 0 N–H and O–H groups in total. The number of amides is 2. The van der Waals surface area contributed by atoms with Crippen LogP contribution in [0.4, 0.5) is 4.79 Å². The first kappa shape index (κ1) is 17.9. The van der Waals surface area contributed by atoms with Crippen molar-refractivity contribution < 1.29 is 9.53 Å². The molecule has 0 spiro atoms. The molecule has 2 aliphatic heterocycles. The summed E-state index contributed by atoms with van der Waals surface area (Å²) in [6.07, 6.45) is 7.49. The van der Waals surface area contributed by atoms with Gasteiger partial charge in [-0.05, 0) is 37.5 Å². The second-order valence-corrected chi connectivity index (χ2v) is 7.12. The predicted octanol–water partition coefficient (Wildman–Crippen LogP) is 2.48. The van der Waals surface area contributed by atoms with Crippen LogP contribution in [0.1, 0.15) is 30.3 Å². The van der Waals surface area contributed by atoms with Gasteiger partial charge in [-0.25, -0.2) is 14.8 Å². The number of hydrogen-bond donors (Lipinski definition) is 0. The molecule has 0 saturated carbocycles. The Morgan fingerprint density at radius 2 is 1.93 bits per heavy atom. The summed E-state index contributed by atoms with van der Waals surface area (Å²) < 4.78 is 5.37. The quantitative estimate of drug-likeness (QED) is 0.815. The molecule has 0 aromatic carbocycles. The summed E-state index contributed by atoms with van der Waals surface area (Å²) in [6, 6.07) is 4.09. The van der Waals surface area contributed by atoms with E-state index in [-0.39, 0.29) is 11.9 Å². The van der Waals surface area contributed by atoms with Gasteiger partial charge in [0, 0.05) is 56.3 Å². The Morgan fingerprint density at radius 1 is 1.15 bits per heavy atom. The van der Waals surface area contributed by atoms with Crippen molar-refractivity contribution >= 4 is 6.03 Å². The molecule has 2 amide bonds. The van der Waals surface area contributed by atoms with Gasteiger partial charge >= 0.3 is 6.03 Å². The lowest BCUT2D eigenvalue weighted by molar-refractivity contribution is 0.0408. The van der Waals surface area contributed by atoms with Crippen molar-refractivity contribution in [1.29, 1.82) is 0 Å². The van der Waals surface area contributed by atoms with Gasteiger partial charge < -0.3 is 14.5 Å². The molecule has 2 aromatic heterocycles. The molecule has 142 valence electrons. The van der Waals surface area contributed by atoms with Gasteiger partial charge in [0.15, 0.2) is 0 Å². The monoisotopic (exact) mass is 367 g/mol. The fraction of sp³-hybridized carbons (Fsp3) is 0.500. The summed E-state index contributed by atoms with van der Waals surface area (Å²) in [5.41, 5.74) is 3.14. The summed E-state index contributed by atoms with van der Waals surface area (Å²) in [6.45, 7) is 6.02. The van der Waals surface area contributed by atoms with Gasteiger partial charge in [-0.3, -0.25) is 4.98 Å². The Hall–Kier alpha value is -2.54. The van der Waals surface area contributed by atoms with Crippen LogP contribution in [0.5, 0.6) is 0 Å². The van der Waals surface area contributed by atoms with E-state index in [4.69, 9.17) is 9.72 Å². The van der Waals surface area contributed by atoms with Crippen molar-refractivity contribution in [2.45, 2.75) is 25.7 Å². The fourth-order valence-corrected chi connectivity index (χ4v) is 3.88. The zero-order valence-electron chi connectivity index (χ0n) is 15.7. The Balaban J connectivity index is 1.58. The number of piperidine rings is 1. The molecular weight excluding hydrogens is 342 g/mol. The van der Waals surface area contributed by atoms with E-state index in [2.05, 4.69) is 9.97 Å². The van der Waals surface area contributed by atoms with Gasteiger partial charge in [0.2, 0.25) is 0 Å². The SMILES string of the molecule is Cc1ncc(-c2ccncc2)c(C2CCCN(C(=O)N3CCOCC3)C2)n1. The lowest BCUT2D eigenvalue weighted by Gasteiger charge is -2.37. The third-order valence-corrected chi connectivity index (χ3v) is 5.29. The number of carbonyl (C=O) groups excluding carboxylic acids is 1. The van der Waals surface area contributed by atoms with E-state index in [0.29, 0.717) is 32.8 Å². The number of aryl methyl sites for hydroxylation is 1. The molecular formula is C20H25N5O2.